The first-order valence-corrected chi connectivity index (χ1v) is 7.50. The van der Waals surface area contributed by atoms with E-state index in [-0.39, 0.29) is 0 Å². The molecule has 1 aromatic carbocycles. The fourth-order valence-corrected chi connectivity index (χ4v) is 3.08. The van der Waals surface area contributed by atoms with E-state index in [0.29, 0.717) is 13.2 Å². The van der Waals surface area contributed by atoms with E-state index in [0.717, 1.165) is 48.4 Å². The summed E-state index contributed by atoms with van der Waals surface area (Å²) >= 11 is 6.50. The molecule has 0 aliphatic carbocycles. The molecule has 3 rings (SSSR count). The van der Waals surface area contributed by atoms with Crippen LogP contribution in [0.2, 0.25) is 5.02 Å². The molecular weight excluding hydrogens is 262 g/mol. The number of fused-ring (bicyclic) bond motifs is 1. The summed E-state index contributed by atoms with van der Waals surface area (Å²) in [5, 5.41) is 4.14. The van der Waals surface area contributed by atoms with E-state index in [2.05, 4.69) is 11.4 Å². The first-order chi connectivity index (χ1) is 9.34. The van der Waals surface area contributed by atoms with Gasteiger partial charge in [-0.3, -0.25) is 0 Å². The highest BCUT2D eigenvalue weighted by Gasteiger charge is 2.20. The lowest BCUT2D eigenvalue weighted by atomic mass is 9.91. The summed E-state index contributed by atoms with van der Waals surface area (Å²) in [5.41, 5.74) is 1.19. The van der Waals surface area contributed by atoms with Crippen molar-refractivity contribution >= 4 is 11.6 Å². The first-order valence-electron chi connectivity index (χ1n) is 7.12. The Bertz CT molecular complexity index is 444. The van der Waals surface area contributed by atoms with E-state index >= 15 is 0 Å². The third kappa shape index (κ3) is 2.98. The monoisotopic (exact) mass is 281 g/mol. The largest absolute Gasteiger partial charge is 0.490 e. The molecule has 0 saturated carbocycles. The number of hydrogen-bond donors (Lipinski definition) is 1. The fourth-order valence-electron chi connectivity index (χ4n) is 2.80. The molecule has 0 spiro atoms. The van der Waals surface area contributed by atoms with Crippen LogP contribution in [0.4, 0.5) is 0 Å². The van der Waals surface area contributed by atoms with Crippen molar-refractivity contribution in [2.45, 2.75) is 25.7 Å². The van der Waals surface area contributed by atoms with E-state index in [1.54, 1.807) is 0 Å². The van der Waals surface area contributed by atoms with Gasteiger partial charge in [0.1, 0.15) is 0 Å². The molecule has 0 bridgehead atoms. The molecule has 0 atom stereocenters. The number of ether oxygens (including phenoxy) is 2. The third-order valence-electron chi connectivity index (χ3n) is 3.90. The number of hydrogen-bond acceptors (Lipinski definition) is 3. The maximum Gasteiger partial charge on any atom is 0.180 e. The van der Waals surface area contributed by atoms with Gasteiger partial charge in [0, 0.05) is 6.42 Å². The lowest BCUT2D eigenvalue weighted by Gasteiger charge is -2.23. The summed E-state index contributed by atoms with van der Waals surface area (Å²) < 4.78 is 11.4. The molecule has 2 aliphatic heterocycles. The molecule has 1 saturated heterocycles. The number of piperidine rings is 1. The van der Waals surface area contributed by atoms with Gasteiger partial charge in [0.15, 0.2) is 11.5 Å². The van der Waals surface area contributed by atoms with Crippen molar-refractivity contribution in [1.82, 2.24) is 5.32 Å². The van der Waals surface area contributed by atoms with Crippen LogP contribution >= 0.6 is 11.6 Å². The van der Waals surface area contributed by atoms with Crippen LogP contribution in [0.3, 0.4) is 0 Å². The quantitative estimate of drug-likeness (QED) is 0.904. The number of halogens is 1. The second kappa shape index (κ2) is 6.02. The Balaban J connectivity index is 1.80. The molecule has 2 aliphatic rings. The minimum atomic E-state index is 0.684. The van der Waals surface area contributed by atoms with Gasteiger partial charge < -0.3 is 14.8 Å². The average Bonchev–Trinajstić information content (AvgIpc) is 2.69. The Morgan fingerprint density at radius 3 is 2.79 bits per heavy atom. The Morgan fingerprint density at radius 1 is 1.16 bits per heavy atom. The standard InChI is InChI=1S/C15H20ClNO2/c16-14-12(10-11-4-6-17-7-5-11)2-3-13-15(14)19-9-1-8-18-13/h2-3,11,17H,1,4-10H2. The van der Waals surface area contributed by atoms with Crippen LogP contribution in [0.1, 0.15) is 24.8 Å². The van der Waals surface area contributed by atoms with E-state index in [1.165, 1.54) is 18.4 Å². The molecule has 0 amide bonds. The zero-order valence-electron chi connectivity index (χ0n) is 11.1. The van der Waals surface area contributed by atoms with Crippen LogP contribution in [0.25, 0.3) is 0 Å². The summed E-state index contributed by atoms with van der Waals surface area (Å²) in [6, 6.07) is 4.10. The first kappa shape index (κ1) is 13.1. The fraction of sp³-hybridized carbons (Fsp3) is 0.600. The highest BCUT2D eigenvalue weighted by Crippen LogP contribution is 2.40. The molecule has 0 aromatic heterocycles. The predicted molar refractivity (Wildman–Crippen MR) is 76.4 cm³/mol. The molecule has 0 unspecified atom stereocenters. The highest BCUT2D eigenvalue weighted by molar-refractivity contribution is 6.33. The Hall–Kier alpha value is -0.930. The van der Waals surface area contributed by atoms with Crippen LogP contribution in [-0.4, -0.2) is 26.3 Å². The number of benzene rings is 1. The third-order valence-corrected chi connectivity index (χ3v) is 4.32. The Morgan fingerprint density at radius 2 is 1.95 bits per heavy atom. The van der Waals surface area contributed by atoms with Crippen molar-refractivity contribution in [3.63, 3.8) is 0 Å². The summed E-state index contributed by atoms with van der Waals surface area (Å²) in [4.78, 5) is 0. The van der Waals surface area contributed by atoms with Gasteiger partial charge in [-0.2, -0.15) is 0 Å². The van der Waals surface area contributed by atoms with Gasteiger partial charge in [-0.05, 0) is 49.9 Å². The minimum absolute atomic E-state index is 0.684. The highest BCUT2D eigenvalue weighted by atomic mass is 35.5. The van der Waals surface area contributed by atoms with E-state index < -0.39 is 0 Å². The molecule has 19 heavy (non-hydrogen) atoms. The number of rotatable bonds is 2. The van der Waals surface area contributed by atoms with Gasteiger partial charge in [-0.1, -0.05) is 17.7 Å². The Kier molecular flexibility index (Phi) is 4.14. The molecule has 2 heterocycles. The lowest BCUT2D eigenvalue weighted by molar-refractivity contribution is 0.297. The summed E-state index contributed by atoms with van der Waals surface area (Å²) in [7, 11) is 0. The van der Waals surface area contributed by atoms with Crippen molar-refractivity contribution in [3.05, 3.63) is 22.7 Å². The van der Waals surface area contributed by atoms with Gasteiger partial charge in [0.2, 0.25) is 0 Å². The van der Waals surface area contributed by atoms with E-state index in [4.69, 9.17) is 21.1 Å². The van der Waals surface area contributed by atoms with Gasteiger partial charge in [-0.25, -0.2) is 0 Å². The average molecular weight is 282 g/mol. The summed E-state index contributed by atoms with van der Waals surface area (Å²) in [5.74, 6) is 2.26. The molecule has 3 nitrogen and oxygen atoms in total. The maximum absolute atomic E-state index is 6.50. The predicted octanol–water partition coefficient (Wildman–Crippen LogP) is 3.04. The Labute approximate surface area is 119 Å². The van der Waals surface area contributed by atoms with Crippen LogP contribution in [0, 0.1) is 5.92 Å². The second-order valence-corrected chi connectivity index (χ2v) is 5.69. The normalized spacial score (nSPS) is 20.1. The van der Waals surface area contributed by atoms with Gasteiger partial charge in [0.25, 0.3) is 0 Å². The van der Waals surface area contributed by atoms with Gasteiger partial charge >= 0.3 is 0 Å². The molecule has 0 radical (unpaired) electrons. The van der Waals surface area contributed by atoms with Crippen molar-refractivity contribution in [2.24, 2.45) is 5.92 Å². The van der Waals surface area contributed by atoms with Crippen LogP contribution in [0.5, 0.6) is 11.5 Å². The molecular formula is C15H20ClNO2. The van der Waals surface area contributed by atoms with Crippen molar-refractivity contribution in [3.8, 4) is 11.5 Å². The minimum Gasteiger partial charge on any atom is -0.490 e. The summed E-state index contributed by atoms with van der Waals surface area (Å²) in [6.45, 7) is 3.63. The van der Waals surface area contributed by atoms with Gasteiger partial charge in [0.05, 0.1) is 18.2 Å². The number of nitrogens with one attached hydrogen (secondary N) is 1. The molecule has 104 valence electrons. The van der Waals surface area contributed by atoms with Crippen molar-refractivity contribution in [1.29, 1.82) is 0 Å². The van der Waals surface area contributed by atoms with Crippen LogP contribution in [-0.2, 0) is 6.42 Å². The molecule has 4 heteroatoms. The van der Waals surface area contributed by atoms with Crippen LogP contribution in [0.15, 0.2) is 12.1 Å². The van der Waals surface area contributed by atoms with E-state index in [9.17, 15) is 0 Å². The molecule has 1 fully saturated rings. The zero-order valence-corrected chi connectivity index (χ0v) is 11.8. The zero-order chi connectivity index (χ0) is 13.1. The van der Waals surface area contributed by atoms with Gasteiger partial charge in [-0.15, -0.1) is 0 Å². The SMILES string of the molecule is Clc1c(CC2CCNCC2)ccc2c1OCCCO2. The van der Waals surface area contributed by atoms with E-state index in [1.807, 2.05) is 6.07 Å². The smallest absolute Gasteiger partial charge is 0.180 e. The van der Waals surface area contributed by atoms with Crippen molar-refractivity contribution in [2.75, 3.05) is 26.3 Å². The van der Waals surface area contributed by atoms with Crippen LogP contribution < -0.4 is 14.8 Å². The topological polar surface area (TPSA) is 30.5 Å². The van der Waals surface area contributed by atoms with Crippen molar-refractivity contribution < 1.29 is 9.47 Å². The second-order valence-electron chi connectivity index (χ2n) is 5.31. The lowest BCUT2D eigenvalue weighted by Crippen LogP contribution is -2.28. The molecule has 1 N–H and O–H groups in total. The summed E-state index contributed by atoms with van der Waals surface area (Å²) in [6.07, 6.45) is 4.40. The maximum atomic E-state index is 6.50. The molecule has 1 aromatic rings.